The summed E-state index contributed by atoms with van der Waals surface area (Å²) in [6, 6.07) is 7.97. The van der Waals surface area contributed by atoms with Crippen molar-refractivity contribution >= 4 is 18.3 Å². The minimum Gasteiger partial charge on any atom is -0.494 e. The number of piperidine rings is 1. The molecule has 1 aromatic carbocycles. The molecule has 0 bridgehead atoms. The van der Waals surface area contributed by atoms with Crippen molar-refractivity contribution in [3.8, 4) is 5.75 Å². The molecule has 1 fully saturated rings. The zero-order chi connectivity index (χ0) is 15.2. The van der Waals surface area contributed by atoms with Crippen LogP contribution < -0.4 is 10.5 Å². The van der Waals surface area contributed by atoms with E-state index in [0.717, 1.165) is 30.7 Å². The smallest absolute Gasteiger partial charge is 0.227 e. The van der Waals surface area contributed by atoms with Gasteiger partial charge >= 0.3 is 0 Å². The molecule has 2 atom stereocenters. The summed E-state index contributed by atoms with van der Waals surface area (Å²) >= 11 is 0. The van der Waals surface area contributed by atoms with E-state index < -0.39 is 0 Å². The molecule has 1 saturated heterocycles. The van der Waals surface area contributed by atoms with Crippen LogP contribution in [0.3, 0.4) is 0 Å². The molecule has 2 rings (SSSR count). The molecule has 124 valence electrons. The fraction of sp³-hybridized carbons (Fsp3) is 0.588. The lowest BCUT2D eigenvalue weighted by Crippen LogP contribution is -2.49. The Labute approximate surface area is 139 Å². The summed E-state index contributed by atoms with van der Waals surface area (Å²) in [7, 11) is 0. The third kappa shape index (κ3) is 4.89. The van der Waals surface area contributed by atoms with Gasteiger partial charge in [0.2, 0.25) is 5.91 Å². The first-order chi connectivity index (χ1) is 10.1. The Kier molecular flexibility index (Phi) is 7.69. The Morgan fingerprint density at radius 3 is 2.64 bits per heavy atom. The van der Waals surface area contributed by atoms with Crippen LogP contribution in [0.5, 0.6) is 5.75 Å². The Morgan fingerprint density at radius 1 is 1.36 bits per heavy atom. The molecule has 0 radical (unpaired) electrons. The summed E-state index contributed by atoms with van der Waals surface area (Å²) in [5.74, 6) is 1.69. The SMILES string of the molecule is CCOc1ccc(CC(=O)N2CCC(C)CC2CN)cc1.Cl. The third-order valence-electron chi connectivity index (χ3n) is 4.16. The first kappa shape index (κ1) is 18.8. The van der Waals surface area contributed by atoms with Gasteiger partial charge in [0.25, 0.3) is 0 Å². The van der Waals surface area contributed by atoms with Crippen LogP contribution in [0.1, 0.15) is 32.3 Å². The first-order valence-electron chi connectivity index (χ1n) is 7.85. The number of amides is 1. The van der Waals surface area contributed by atoms with Gasteiger partial charge in [-0.1, -0.05) is 19.1 Å². The van der Waals surface area contributed by atoms with E-state index in [-0.39, 0.29) is 24.4 Å². The first-order valence-corrected chi connectivity index (χ1v) is 7.85. The average Bonchev–Trinajstić information content (AvgIpc) is 2.49. The Morgan fingerprint density at radius 2 is 2.05 bits per heavy atom. The van der Waals surface area contributed by atoms with Crippen LogP contribution >= 0.6 is 12.4 Å². The highest BCUT2D eigenvalue weighted by Crippen LogP contribution is 2.23. The standard InChI is InChI=1S/C17H26N2O2.ClH/c1-3-21-16-6-4-14(5-7-16)11-17(20)19-9-8-13(2)10-15(19)12-18;/h4-7,13,15H,3,8-12,18H2,1-2H3;1H. The monoisotopic (exact) mass is 326 g/mol. The number of nitrogens with two attached hydrogens (primary N) is 1. The number of nitrogens with zero attached hydrogens (tertiary/aromatic N) is 1. The van der Waals surface area contributed by atoms with Crippen LogP contribution in [-0.4, -0.2) is 36.5 Å². The quantitative estimate of drug-likeness (QED) is 0.905. The van der Waals surface area contributed by atoms with Crippen LogP contribution in [0.15, 0.2) is 24.3 Å². The zero-order valence-corrected chi connectivity index (χ0v) is 14.3. The number of ether oxygens (including phenoxy) is 1. The maximum atomic E-state index is 12.5. The fourth-order valence-electron chi connectivity index (χ4n) is 2.95. The van der Waals surface area contributed by atoms with Crippen molar-refractivity contribution in [1.82, 2.24) is 4.90 Å². The molecule has 5 heteroatoms. The molecule has 22 heavy (non-hydrogen) atoms. The minimum atomic E-state index is 0. The van der Waals surface area contributed by atoms with Gasteiger partial charge in [-0.15, -0.1) is 12.4 Å². The maximum absolute atomic E-state index is 12.5. The number of carbonyl (C=O) groups is 1. The van der Waals surface area contributed by atoms with Crippen molar-refractivity contribution in [2.45, 2.75) is 39.2 Å². The largest absolute Gasteiger partial charge is 0.494 e. The molecule has 1 amide bonds. The maximum Gasteiger partial charge on any atom is 0.227 e. The molecule has 2 unspecified atom stereocenters. The van der Waals surface area contributed by atoms with E-state index in [1.54, 1.807) is 0 Å². The van der Waals surface area contributed by atoms with Crippen LogP contribution in [0, 0.1) is 5.92 Å². The Hall–Kier alpha value is -1.26. The van der Waals surface area contributed by atoms with Crippen LogP contribution in [0.2, 0.25) is 0 Å². The van der Waals surface area contributed by atoms with Gasteiger partial charge in [-0.05, 0) is 43.4 Å². The van der Waals surface area contributed by atoms with E-state index in [9.17, 15) is 4.79 Å². The molecule has 2 N–H and O–H groups in total. The van der Waals surface area contributed by atoms with Crippen molar-refractivity contribution < 1.29 is 9.53 Å². The Balaban J connectivity index is 0.00000242. The molecule has 0 saturated carbocycles. The average molecular weight is 327 g/mol. The molecule has 1 heterocycles. The molecular weight excluding hydrogens is 300 g/mol. The molecule has 1 aliphatic rings. The molecule has 0 aliphatic carbocycles. The van der Waals surface area contributed by atoms with E-state index >= 15 is 0 Å². The molecule has 1 aliphatic heterocycles. The summed E-state index contributed by atoms with van der Waals surface area (Å²) < 4.78 is 5.42. The van der Waals surface area contributed by atoms with E-state index in [2.05, 4.69) is 6.92 Å². The predicted octanol–water partition coefficient (Wildman–Crippen LogP) is 2.64. The predicted molar refractivity (Wildman–Crippen MR) is 91.5 cm³/mol. The summed E-state index contributed by atoms with van der Waals surface area (Å²) in [5, 5.41) is 0. The van der Waals surface area contributed by atoms with Crippen LogP contribution in [0.4, 0.5) is 0 Å². The van der Waals surface area contributed by atoms with Gasteiger partial charge in [0, 0.05) is 19.1 Å². The van der Waals surface area contributed by atoms with Gasteiger partial charge < -0.3 is 15.4 Å². The highest BCUT2D eigenvalue weighted by atomic mass is 35.5. The summed E-state index contributed by atoms with van der Waals surface area (Å²) in [4.78, 5) is 14.5. The molecule has 0 spiro atoms. The van der Waals surface area contributed by atoms with Gasteiger partial charge in [-0.2, -0.15) is 0 Å². The third-order valence-corrected chi connectivity index (χ3v) is 4.16. The highest BCUT2D eigenvalue weighted by Gasteiger charge is 2.28. The normalized spacial score (nSPS) is 21.1. The van der Waals surface area contributed by atoms with Crippen LogP contribution in [-0.2, 0) is 11.2 Å². The van der Waals surface area contributed by atoms with Crippen molar-refractivity contribution in [2.75, 3.05) is 19.7 Å². The van der Waals surface area contributed by atoms with E-state index in [1.807, 2.05) is 36.1 Å². The van der Waals surface area contributed by atoms with Gasteiger partial charge in [-0.25, -0.2) is 0 Å². The van der Waals surface area contributed by atoms with E-state index in [0.29, 0.717) is 25.5 Å². The Bertz CT molecular complexity index is 464. The zero-order valence-electron chi connectivity index (χ0n) is 13.5. The van der Waals surface area contributed by atoms with Gasteiger partial charge in [-0.3, -0.25) is 4.79 Å². The summed E-state index contributed by atoms with van der Waals surface area (Å²) in [6.45, 7) is 6.24. The molecule has 1 aromatic rings. The van der Waals surface area contributed by atoms with Crippen molar-refractivity contribution in [2.24, 2.45) is 11.7 Å². The molecule has 0 aromatic heterocycles. The molecule has 4 nitrogen and oxygen atoms in total. The van der Waals surface area contributed by atoms with Gasteiger partial charge in [0.1, 0.15) is 5.75 Å². The number of carbonyl (C=O) groups excluding carboxylic acids is 1. The van der Waals surface area contributed by atoms with Crippen molar-refractivity contribution in [3.63, 3.8) is 0 Å². The second-order valence-electron chi connectivity index (χ2n) is 5.86. The minimum absolute atomic E-state index is 0. The fourth-order valence-corrected chi connectivity index (χ4v) is 2.95. The van der Waals surface area contributed by atoms with Gasteiger partial charge in [0.15, 0.2) is 0 Å². The highest BCUT2D eigenvalue weighted by molar-refractivity contribution is 5.85. The second kappa shape index (κ2) is 9.01. The lowest BCUT2D eigenvalue weighted by Gasteiger charge is -2.38. The number of hydrogen-bond acceptors (Lipinski definition) is 3. The number of halogens is 1. The van der Waals surface area contributed by atoms with Gasteiger partial charge in [0.05, 0.1) is 13.0 Å². The number of likely N-dealkylation sites (tertiary alicyclic amines) is 1. The van der Waals surface area contributed by atoms with Crippen LogP contribution in [0.25, 0.3) is 0 Å². The van der Waals surface area contributed by atoms with E-state index in [1.165, 1.54) is 0 Å². The summed E-state index contributed by atoms with van der Waals surface area (Å²) in [5.41, 5.74) is 6.86. The summed E-state index contributed by atoms with van der Waals surface area (Å²) in [6.07, 6.45) is 2.54. The number of benzene rings is 1. The second-order valence-corrected chi connectivity index (χ2v) is 5.86. The van der Waals surface area contributed by atoms with Crippen molar-refractivity contribution in [3.05, 3.63) is 29.8 Å². The topological polar surface area (TPSA) is 55.6 Å². The lowest BCUT2D eigenvalue weighted by molar-refractivity contribution is -0.134. The lowest BCUT2D eigenvalue weighted by atomic mass is 9.92. The molecular formula is C17H27ClN2O2. The van der Waals surface area contributed by atoms with E-state index in [4.69, 9.17) is 10.5 Å². The van der Waals surface area contributed by atoms with Crippen molar-refractivity contribution in [1.29, 1.82) is 0 Å². The number of hydrogen-bond donors (Lipinski definition) is 1. The number of rotatable bonds is 5.